The molecule has 0 radical (unpaired) electrons. The van der Waals surface area contributed by atoms with Gasteiger partial charge in [-0.3, -0.25) is 19.2 Å². The summed E-state index contributed by atoms with van der Waals surface area (Å²) in [5.41, 5.74) is -1.39. The monoisotopic (exact) mass is 388 g/mol. The number of Topliss-reactive ketones (excluding diaryl/α,β-unsaturated/α-hetero) is 2. The van der Waals surface area contributed by atoms with E-state index in [-0.39, 0.29) is 60.4 Å². The number of ether oxygens (including phenoxy) is 2. The van der Waals surface area contributed by atoms with Crippen molar-refractivity contribution in [2.45, 2.75) is 64.2 Å². The highest BCUT2D eigenvalue weighted by Crippen LogP contribution is 2.62. The van der Waals surface area contributed by atoms with E-state index in [2.05, 4.69) is 0 Å². The SMILES string of the molecule is O=C1CCC[C@]23C(=O)OCC[C@H]4C[C@@H]5C(=O)CCC[C@]45C(=O)OCC[C@H]2C[C@H]13. The van der Waals surface area contributed by atoms with Gasteiger partial charge in [-0.25, -0.2) is 0 Å². The molecule has 6 heteroatoms. The van der Waals surface area contributed by atoms with Crippen LogP contribution in [0.3, 0.4) is 0 Å². The van der Waals surface area contributed by atoms with Gasteiger partial charge < -0.3 is 9.47 Å². The first-order valence-corrected chi connectivity index (χ1v) is 10.9. The van der Waals surface area contributed by atoms with Gasteiger partial charge in [0.1, 0.15) is 11.6 Å². The fraction of sp³-hybridized carbons (Fsp3) is 0.818. The zero-order valence-corrected chi connectivity index (χ0v) is 16.2. The molecule has 1 saturated heterocycles. The molecule has 152 valence electrons. The predicted molar refractivity (Wildman–Crippen MR) is 96.9 cm³/mol. The number of carbonyl (C=O) groups excluding carboxylic acids is 4. The summed E-state index contributed by atoms with van der Waals surface area (Å²) in [6, 6.07) is 0. The second kappa shape index (κ2) is 6.39. The highest BCUT2D eigenvalue weighted by Gasteiger charge is 2.66. The van der Waals surface area contributed by atoms with Crippen molar-refractivity contribution in [2.24, 2.45) is 34.5 Å². The number of hydrogen-bond donors (Lipinski definition) is 0. The summed E-state index contributed by atoms with van der Waals surface area (Å²) in [5.74, 6) is -0.424. The van der Waals surface area contributed by atoms with Crippen molar-refractivity contribution in [1.29, 1.82) is 0 Å². The summed E-state index contributed by atoms with van der Waals surface area (Å²) in [6.45, 7) is 0.518. The molecular weight excluding hydrogens is 360 g/mol. The molecule has 5 aliphatic rings. The molecule has 1 heterocycles. The maximum atomic E-state index is 13.1. The lowest BCUT2D eigenvalue weighted by atomic mass is 9.46. The fourth-order valence-electron chi connectivity index (χ4n) is 7.14. The van der Waals surface area contributed by atoms with Gasteiger partial charge in [0.05, 0.1) is 24.0 Å². The average molecular weight is 388 g/mol. The molecule has 4 aliphatic carbocycles. The van der Waals surface area contributed by atoms with Crippen molar-refractivity contribution >= 4 is 23.5 Å². The van der Waals surface area contributed by atoms with Gasteiger partial charge in [0.15, 0.2) is 0 Å². The Morgan fingerprint density at radius 3 is 1.54 bits per heavy atom. The van der Waals surface area contributed by atoms with Crippen molar-refractivity contribution in [3.05, 3.63) is 0 Å². The lowest BCUT2D eigenvalue weighted by Gasteiger charge is -2.57. The van der Waals surface area contributed by atoms with Crippen molar-refractivity contribution < 1.29 is 28.7 Å². The zero-order valence-electron chi connectivity index (χ0n) is 16.2. The zero-order chi connectivity index (χ0) is 19.5. The molecule has 4 saturated carbocycles. The lowest BCUT2D eigenvalue weighted by molar-refractivity contribution is -0.200. The molecular formula is C22H28O6. The van der Waals surface area contributed by atoms with E-state index in [4.69, 9.17) is 9.47 Å². The predicted octanol–water partition coefficient (Wildman–Crippen LogP) is 2.62. The molecule has 0 unspecified atom stereocenters. The minimum Gasteiger partial charge on any atom is -0.465 e. The minimum absolute atomic E-state index is 0.0416. The number of cyclic esters (lactones) is 2. The molecule has 5 rings (SSSR count). The molecule has 6 atom stereocenters. The fourth-order valence-corrected chi connectivity index (χ4v) is 7.14. The average Bonchev–Trinajstić information content (AvgIpc) is 2.64. The Labute approximate surface area is 164 Å². The first-order chi connectivity index (χ1) is 13.5. The summed E-state index contributed by atoms with van der Waals surface area (Å²) >= 11 is 0. The molecule has 28 heavy (non-hydrogen) atoms. The number of esters is 2. The Balaban J connectivity index is 1.38. The maximum absolute atomic E-state index is 13.1. The summed E-state index contributed by atoms with van der Waals surface area (Å²) in [4.78, 5) is 50.8. The quantitative estimate of drug-likeness (QED) is 0.593. The molecule has 1 aliphatic heterocycles. The van der Waals surface area contributed by atoms with Crippen LogP contribution in [-0.4, -0.2) is 36.7 Å². The Morgan fingerprint density at radius 2 is 1.11 bits per heavy atom. The molecule has 0 amide bonds. The van der Waals surface area contributed by atoms with Gasteiger partial charge in [-0.05, 0) is 63.2 Å². The normalized spacial score (nSPS) is 46.0. The second-order valence-electron chi connectivity index (χ2n) is 9.54. The first kappa shape index (κ1) is 18.3. The number of ketones is 2. The van der Waals surface area contributed by atoms with Crippen LogP contribution in [0.15, 0.2) is 0 Å². The number of rotatable bonds is 0. The Morgan fingerprint density at radius 1 is 0.679 bits per heavy atom. The highest BCUT2D eigenvalue weighted by molar-refractivity contribution is 5.93. The third kappa shape index (κ3) is 2.26. The van der Waals surface area contributed by atoms with Gasteiger partial charge in [-0.1, -0.05) is 0 Å². The van der Waals surface area contributed by atoms with Crippen LogP contribution in [0.5, 0.6) is 0 Å². The maximum Gasteiger partial charge on any atom is 0.313 e. The van der Waals surface area contributed by atoms with Gasteiger partial charge in [0, 0.05) is 24.7 Å². The van der Waals surface area contributed by atoms with Crippen LogP contribution in [-0.2, 0) is 28.7 Å². The van der Waals surface area contributed by atoms with E-state index in [0.29, 0.717) is 51.4 Å². The largest absolute Gasteiger partial charge is 0.465 e. The van der Waals surface area contributed by atoms with E-state index in [1.807, 2.05) is 0 Å². The van der Waals surface area contributed by atoms with E-state index >= 15 is 0 Å². The molecule has 0 aromatic heterocycles. The summed E-state index contributed by atoms with van der Waals surface area (Å²) in [5, 5.41) is 0. The lowest BCUT2D eigenvalue weighted by Crippen LogP contribution is -2.62. The molecule has 6 nitrogen and oxygen atoms in total. The van der Waals surface area contributed by atoms with Crippen LogP contribution in [0.4, 0.5) is 0 Å². The van der Waals surface area contributed by atoms with E-state index < -0.39 is 10.8 Å². The van der Waals surface area contributed by atoms with Crippen LogP contribution in [0, 0.1) is 34.5 Å². The van der Waals surface area contributed by atoms with E-state index in [1.54, 1.807) is 0 Å². The molecule has 0 bridgehead atoms. The van der Waals surface area contributed by atoms with Gasteiger partial charge >= 0.3 is 11.9 Å². The smallest absolute Gasteiger partial charge is 0.313 e. The number of hydrogen-bond acceptors (Lipinski definition) is 6. The van der Waals surface area contributed by atoms with Crippen molar-refractivity contribution in [3.63, 3.8) is 0 Å². The second-order valence-corrected chi connectivity index (χ2v) is 9.54. The van der Waals surface area contributed by atoms with Crippen molar-refractivity contribution in [2.75, 3.05) is 13.2 Å². The van der Waals surface area contributed by atoms with Gasteiger partial charge in [0.25, 0.3) is 0 Å². The van der Waals surface area contributed by atoms with Crippen LogP contribution >= 0.6 is 0 Å². The van der Waals surface area contributed by atoms with Gasteiger partial charge in [-0.2, -0.15) is 0 Å². The van der Waals surface area contributed by atoms with E-state index in [1.165, 1.54) is 0 Å². The third-order valence-electron chi connectivity index (χ3n) is 8.70. The topological polar surface area (TPSA) is 86.7 Å². The molecule has 2 spiro atoms. The van der Waals surface area contributed by atoms with Crippen LogP contribution in [0.25, 0.3) is 0 Å². The first-order valence-electron chi connectivity index (χ1n) is 10.9. The molecule has 5 fully saturated rings. The summed E-state index contributed by atoms with van der Waals surface area (Å²) < 4.78 is 11.4. The Kier molecular flexibility index (Phi) is 4.18. The van der Waals surface area contributed by atoms with Gasteiger partial charge in [-0.15, -0.1) is 0 Å². The van der Waals surface area contributed by atoms with E-state index in [9.17, 15) is 19.2 Å². The Hall–Kier alpha value is -1.72. The van der Waals surface area contributed by atoms with Crippen molar-refractivity contribution in [3.8, 4) is 0 Å². The third-order valence-corrected chi connectivity index (χ3v) is 8.70. The van der Waals surface area contributed by atoms with E-state index in [0.717, 1.165) is 12.8 Å². The standard InChI is InChI=1S/C22H28O6/c23-17-3-1-7-21-13(11-15(17)21)5-9-28-20(26)22-8-2-4-18(24)16(22)12-14(22)6-10-27-19(21)25/h13-16H,1-12H2/t13-,14-,15+,16+,21-,22-/m0/s1. The summed E-state index contributed by atoms with van der Waals surface area (Å²) in [6.07, 6.45) is 6.54. The van der Waals surface area contributed by atoms with Crippen LogP contribution < -0.4 is 0 Å². The Bertz CT molecular complexity index is 681. The van der Waals surface area contributed by atoms with Gasteiger partial charge in [0.2, 0.25) is 0 Å². The number of carbonyl (C=O) groups is 4. The highest BCUT2D eigenvalue weighted by atomic mass is 16.5. The van der Waals surface area contributed by atoms with Crippen LogP contribution in [0.2, 0.25) is 0 Å². The molecule has 0 aromatic carbocycles. The molecule has 0 aromatic rings. The summed E-state index contributed by atoms with van der Waals surface area (Å²) in [7, 11) is 0. The van der Waals surface area contributed by atoms with Crippen LogP contribution in [0.1, 0.15) is 64.2 Å². The minimum atomic E-state index is -0.693. The van der Waals surface area contributed by atoms with Crippen molar-refractivity contribution in [1.82, 2.24) is 0 Å². The molecule has 0 N–H and O–H groups in total.